The van der Waals surface area contributed by atoms with E-state index in [0.29, 0.717) is 5.92 Å². The van der Waals surface area contributed by atoms with Gasteiger partial charge < -0.3 is 36.2 Å². The zero-order chi connectivity index (χ0) is 19.4. The first kappa shape index (κ1) is 28.2. The summed E-state index contributed by atoms with van der Waals surface area (Å²) in [6, 6.07) is -1.00. The first-order chi connectivity index (χ1) is 12.3. The lowest BCUT2D eigenvalue weighted by Crippen LogP contribution is -2.65. The van der Waals surface area contributed by atoms with Crippen LogP contribution in [0.3, 0.4) is 0 Å². The van der Waals surface area contributed by atoms with Crippen molar-refractivity contribution in [3.05, 3.63) is 0 Å². The lowest BCUT2D eigenvalue weighted by atomic mass is 9.89. The Morgan fingerprint density at radius 2 is 1.96 bits per heavy atom. The summed E-state index contributed by atoms with van der Waals surface area (Å²) >= 11 is 7.51. The monoisotopic (exact) mass is 464 g/mol. The van der Waals surface area contributed by atoms with Crippen molar-refractivity contribution in [1.82, 2.24) is 10.6 Å². The van der Waals surface area contributed by atoms with Gasteiger partial charge in [-0.3, -0.25) is 4.79 Å². The highest BCUT2D eigenvalue weighted by atomic mass is 35.5. The molecule has 168 valence electrons. The molecule has 9 atom stereocenters. The van der Waals surface area contributed by atoms with Crippen molar-refractivity contribution in [1.29, 1.82) is 0 Å². The predicted octanol–water partition coefficient (Wildman–Crippen LogP) is -0.356. The number of ether oxygens (including phenoxy) is 1. The maximum Gasteiger partial charge on any atom is 0.237 e. The van der Waals surface area contributed by atoms with Crippen LogP contribution in [0.15, 0.2) is 0 Å². The Bertz CT molecular complexity index is 477. The van der Waals surface area contributed by atoms with Crippen molar-refractivity contribution in [3.8, 4) is 0 Å². The molecular weight excluding hydrogens is 431 g/mol. The number of alkyl halides is 1. The van der Waals surface area contributed by atoms with Gasteiger partial charge in [0.25, 0.3) is 0 Å². The zero-order valence-electron chi connectivity index (χ0n) is 16.4. The van der Waals surface area contributed by atoms with Crippen molar-refractivity contribution >= 4 is 41.7 Å². The van der Waals surface area contributed by atoms with Crippen molar-refractivity contribution < 1.29 is 30.3 Å². The molecule has 2 fully saturated rings. The minimum atomic E-state index is -1.36. The molecule has 1 amide bonds. The Morgan fingerprint density at radius 3 is 2.50 bits per heavy atom. The third-order valence-corrected chi connectivity index (χ3v) is 6.53. The van der Waals surface area contributed by atoms with Gasteiger partial charge in [0.15, 0.2) is 0 Å². The highest BCUT2D eigenvalue weighted by Crippen LogP contribution is 2.30. The van der Waals surface area contributed by atoms with Gasteiger partial charge in [-0.2, -0.15) is 0 Å². The molecular formula is C17H34Cl2N2O6S. The van der Waals surface area contributed by atoms with Crippen LogP contribution in [-0.2, 0) is 9.53 Å². The number of amides is 1. The van der Waals surface area contributed by atoms with E-state index in [2.05, 4.69) is 17.6 Å². The quantitative estimate of drug-likeness (QED) is 0.337. The fraction of sp³-hybridized carbons (Fsp3) is 0.941. The van der Waals surface area contributed by atoms with E-state index in [1.807, 2.05) is 0 Å². The molecule has 28 heavy (non-hydrogen) atoms. The second kappa shape index (κ2) is 12.8. The molecule has 0 bridgehead atoms. The average molecular weight is 465 g/mol. The minimum absolute atomic E-state index is 0. The molecule has 0 aromatic carbocycles. The number of nitrogens with one attached hydrogen (secondary N) is 2. The molecule has 2 saturated heterocycles. The Balaban J connectivity index is 0.00000364. The van der Waals surface area contributed by atoms with Crippen LogP contribution in [-0.4, -0.2) is 86.8 Å². The first-order valence-corrected chi connectivity index (χ1v) is 10.9. The number of carbonyl (C=O) groups is 1. The molecule has 0 radical (unpaired) electrons. The number of aliphatic hydroxyl groups excluding tert-OH is 3. The molecule has 0 spiro atoms. The van der Waals surface area contributed by atoms with Gasteiger partial charge in [0.1, 0.15) is 29.9 Å². The molecule has 0 saturated carbocycles. The topological polar surface area (TPSA) is 143 Å². The summed E-state index contributed by atoms with van der Waals surface area (Å²) in [4.78, 5) is 12.7. The van der Waals surface area contributed by atoms with Gasteiger partial charge in [0.05, 0.1) is 17.5 Å². The fourth-order valence-corrected chi connectivity index (χ4v) is 4.54. The molecule has 2 rings (SSSR count). The van der Waals surface area contributed by atoms with E-state index in [1.165, 1.54) is 11.8 Å². The van der Waals surface area contributed by atoms with E-state index in [1.54, 1.807) is 13.2 Å². The summed E-state index contributed by atoms with van der Waals surface area (Å²) in [5.41, 5.74) is -0.703. The van der Waals surface area contributed by atoms with E-state index >= 15 is 0 Å². The summed E-state index contributed by atoms with van der Waals surface area (Å²) < 4.78 is 5.77. The molecule has 8 nitrogen and oxygen atoms in total. The summed E-state index contributed by atoms with van der Waals surface area (Å²) in [5.74, 6) is 0.325. The molecule has 0 aromatic rings. The maximum absolute atomic E-state index is 12.7. The third kappa shape index (κ3) is 6.58. The second-order valence-electron chi connectivity index (χ2n) is 7.19. The number of thioether (sulfide) groups is 1. The van der Waals surface area contributed by atoms with Gasteiger partial charge in [-0.05, 0) is 38.5 Å². The van der Waals surface area contributed by atoms with Crippen LogP contribution in [0.4, 0.5) is 0 Å². The van der Waals surface area contributed by atoms with Crippen molar-refractivity contribution in [3.63, 3.8) is 0 Å². The van der Waals surface area contributed by atoms with Gasteiger partial charge in [-0.1, -0.05) is 13.3 Å². The summed E-state index contributed by atoms with van der Waals surface area (Å²) in [7, 11) is 0. The summed E-state index contributed by atoms with van der Waals surface area (Å²) in [5, 5.41) is 36.1. The number of rotatable bonds is 6. The normalized spacial score (nSPS) is 37.8. The number of hydrogen-bond donors (Lipinski definition) is 5. The van der Waals surface area contributed by atoms with Crippen LogP contribution < -0.4 is 10.6 Å². The van der Waals surface area contributed by atoms with Crippen LogP contribution in [0, 0.1) is 5.92 Å². The van der Waals surface area contributed by atoms with E-state index in [-0.39, 0.29) is 29.8 Å². The highest BCUT2D eigenvalue weighted by Gasteiger charge is 2.48. The van der Waals surface area contributed by atoms with Crippen molar-refractivity contribution in [2.75, 3.05) is 12.8 Å². The second-order valence-corrected chi connectivity index (χ2v) is 8.82. The lowest BCUT2D eigenvalue weighted by Gasteiger charge is -2.44. The van der Waals surface area contributed by atoms with Gasteiger partial charge in [-0.25, -0.2) is 0 Å². The molecule has 2 heterocycles. The smallest absolute Gasteiger partial charge is 0.237 e. The van der Waals surface area contributed by atoms with Gasteiger partial charge >= 0.3 is 0 Å². The van der Waals surface area contributed by atoms with Crippen molar-refractivity contribution in [2.24, 2.45) is 5.92 Å². The SMILES string of the molecule is CC[C@H]1CCN[C@@H](C(=O)N[C@@H]([C@H]2O[C@H](SC)[C@H](O)[C@@H](O)[C@H]2O)[C@H](C)Cl)C1.Cl.O. The minimum Gasteiger partial charge on any atom is -0.412 e. The molecule has 2 aliphatic rings. The van der Waals surface area contributed by atoms with E-state index < -0.39 is 41.3 Å². The first-order valence-electron chi connectivity index (χ1n) is 9.20. The number of aliphatic hydroxyl groups is 3. The number of piperidine rings is 1. The Hall–Kier alpha value is 0.160. The van der Waals surface area contributed by atoms with E-state index in [4.69, 9.17) is 16.3 Å². The van der Waals surface area contributed by atoms with Gasteiger partial charge in [0, 0.05) is 0 Å². The van der Waals surface area contributed by atoms with Crippen LogP contribution in [0.2, 0.25) is 0 Å². The van der Waals surface area contributed by atoms with Gasteiger partial charge in [0.2, 0.25) is 5.91 Å². The highest BCUT2D eigenvalue weighted by molar-refractivity contribution is 7.99. The third-order valence-electron chi connectivity index (χ3n) is 5.40. The molecule has 0 aromatic heterocycles. The molecule has 7 N–H and O–H groups in total. The van der Waals surface area contributed by atoms with Gasteiger partial charge in [-0.15, -0.1) is 35.8 Å². The Morgan fingerprint density at radius 1 is 1.32 bits per heavy atom. The predicted molar refractivity (Wildman–Crippen MR) is 113 cm³/mol. The van der Waals surface area contributed by atoms with Crippen LogP contribution in [0.1, 0.15) is 33.1 Å². The maximum atomic E-state index is 12.7. The largest absolute Gasteiger partial charge is 0.412 e. The molecule has 0 unspecified atom stereocenters. The van der Waals surface area contributed by atoms with E-state index in [9.17, 15) is 20.1 Å². The Kier molecular flexibility index (Phi) is 12.8. The van der Waals surface area contributed by atoms with Crippen molar-refractivity contribution in [2.45, 2.75) is 80.4 Å². The summed E-state index contributed by atoms with van der Waals surface area (Å²) in [6.07, 6.45) is -0.236. The Labute approximate surface area is 181 Å². The number of hydrogen-bond acceptors (Lipinski definition) is 7. The number of halogens is 2. The molecule has 0 aliphatic carbocycles. The molecule has 11 heteroatoms. The van der Waals surface area contributed by atoms with Crippen LogP contribution in [0.25, 0.3) is 0 Å². The summed E-state index contributed by atoms with van der Waals surface area (Å²) in [6.45, 7) is 4.62. The van der Waals surface area contributed by atoms with E-state index in [0.717, 1.165) is 25.8 Å². The molecule has 2 aliphatic heterocycles. The zero-order valence-corrected chi connectivity index (χ0v) is 18.8. The standard InChI is InChI=1S/C17H31ClN2O5S.ClH.H2O/c1-4-9-5-6-19-10(7-9)16(24)20-11(8(2)18)15-13(22)12(21)14(23)17(25-15)26-3;;/h8-15,17,19,21-23H,4-7H2,1-3H3,(H,20,24);1H;1H2/t8-,9-,10+,11+,12-,13+,14+,15+,17+;;/m0../s1. The fourth-order valence-electron chi connectivity index (χ4n) is 3.66. The average Bonchev–Trinajstić information content (AvgIpc) is 2.64. The number of carbonyl (C=O) groups excluding carboxylic acids is 1. The van der Waals surface area contributed by atoms with Crippen LogP contribution in [0.5, 0.6) is 0 Å². The van der Waals surface area contributed by atoms with Crippen LogP contribution >= 0.6 is 35.8 Å². The lowest BCUT2D eigenvalue weighted by molar-refractivity contribution is -0.205.